The largest absolute Gasteiger partial charge is 0.387 e. The molecule has 7 heterocycles. The fraction of sp³-hybridized carbons (Fsp3) is 0.583. The van der Waals surface area contributed by atoms with Gasteiger partial charge in [-0.1, -0.05) is 13.8 Å². The molecule has 4 aromatic rings. The number of aryl methyl sites for hydroxylation is 1. The maximum Gasteiger partial charge on any atom is 0.325 e. The van der Waals surface area contributed by atoms with Gasteiger partial charge < -0.3 is 43.7 Å². The summed E-state index contributed by atoms with van der Waals surface area (Å²) in [6.07, 6.45) is -1.72. The van der Waals surface area contributed by atoms with Gasteiger partial charge in [-0.25, -0.2) is 29.9 Å². The highest BCUT2D eigenvalue weighted by Gasteiger charge is 2.53. The molecule has 2 unspecified atom stereocenters. The lowest BCUT2D eigenvalue weighted by Gasteiger charge is -2.31. The Bertz CT molecular complexity index is 1880. The summed E-state index contributed by atoms with van der Waals surface area (Å²) < 4.78 is 39.5. The van der Waals surface area contributed by atoms with Crippen LogP contribution in [0.25, 0.3) is 22.3 Å². The van der Waals surface area contributed by atoms with Crippen LogP contribution in [-0.4, -0.2) is 97.7 Å². The Morgan fingerprint density at radius 3 is 2.09 bits per heavy atom. The zero-order chi connectivity index (χ0) is 32.5. The first-order valence-corrected chi connectivity index (χ1v) is 19.4. The lowest BCUT2D eigenvalue weighted by Crippen LogP contribution is -2.35. The summed E-state index contributed by atoms with van der Waals surface area (Å²) in [6, 6.07) is 0. The van der Waals surface area contributed by atoms with Gasteiger partial charge in [0.25, 0.3) is 0 Å². The molecule has 3 aliphatic heterocycles. The molecule has 3 aliphatic rings. The Balaban J connectivity index is 1.23. The molecular weight excluding hydrogens is 684 g/mol. The summed E-state index contributed by atoms with van der Waals surface area (Å²) >= 11 is 10.9. The summed E-state index contributed by atoms with van der Waals surface area (Å²) in [4.78, 5) is 48.1. The number of nitrogens with two attached hydrogens (primary N) is 1. The molecule has 5 N–H and O–H groups in total. The molecule has 3 fully saturated rings. The van der Waals surface area contributed by atoms with Crippen LogP contribution in [0.4, 0.5) is 5.82 Å². The predicted octanol–water partition coefficient (Wildman–Crippen LogP) is 1.24. The second-order valence-corrected chi connectivity index (χ2v) is 17.1. The quantitative estimate of drug-likeness (QED) is 0.219. The van der Waals surface area contributed by atoms with Crippen molar-refractivity contribution in [2.24, 2.45) is 11.8 Å². The number of anilines is 1. The highest BCUT2D eigenvalue weighted by molar-refractivity contribution is 8.07. The molecule has 46 heavy (non-hydrogen) atoms. The molecule has 4 aromatic heterocycles. The van der Waals surface area contributed by atoms with Gasteiger partial charge >= 0.3 is 13.4 Å². The van der Waals surface area contributed by atoms with Crippen LogP contribution in [0.5, 0.6) is 0 Å². The second kappa shape index (κ2) is 12.1. The third-order valence-corrected chi connectivity index (χ3v) is 11.4. The highest BCUT2D eigenvalue weighted by atomic mass is 32.5. The molecule has 0 amide bonds. The number of nitrogen functional groups attached to an aromatic ring is 1. The molecule has 22 heteroatoms. The first-order chi connectivity index (χ1) is 21.8. The van der Waals surface area contributed by atoms with Crippen LogP contribution in [0.15, 0.2) is 25.3 Å². The van der Waals surface area contributed by atoms with E-state index in [4.69, 9.17) is 56.9 Å². The van der Waals surface area contributed by atoms with E-state index in [1.807, 2.05) is 20.8 Å². The van der Waals surface area contributed by atoms with Crippen molar-refractivity contribution in [1.82, 2.24) is 39.0 Å². The lowest BCUT2D eigenvalue weighted by molar-refractivity contribution is -0.0602. The number of hydrogen-bond donors (Lipinski definition) is 4. The van der Waals surface area contributed by atoms with Gasteiger partial charge in [-0.2, -0.15) is 0 Å². The van der Waals surface area contributed by atoms with Crippen LogP contribution < -0.4 is 5.73 Å². The minimum atomic E-state index is -4.09. The van der Waals surface area contributed by atoms with E-state index < -0.39 is 62.3 Å². The zero-order valence-corrected chi connectivity index (χ0v) is 28.0. The zero-order valence-electron chi connectivity index (χ0n) is 24.6. The van der Waals surface area contributed by atoms with E-state index in [1.54, 1.807) is 10.9 Å². The first-order valence-electron chi connectivity index (χ1n) is 14.2. The van der Waals surface area contributed by atoms with Crippen LogP contribution in [0.2, 0.25) is 0 Å². The number of aliphatic hydroxyl groups is 1. The number of nitrogens with zero attached hydrogens (tertiary/aromatic N) is 8. The molecule has 18 nitrogen and oxygen atoms in total. The van der Waals surface area contributed by atoms with E-state index in [2.05, 4.69) is 29.9 Å². The van der Waals surface area contributed by atoms with Crippen molar-refractivity contribution in [3.05, 3.63) is 31.0 Å². The fourth-order valence-electron chi connectivity index (χ4n) is 6.10. The topological polar surface area (TPSA) is 229 Å². The van der Waals surface area contributed by atoms with Crippen molar-refractivity contribution < 1.29 is 42.5 Å². The maximum atomic E-state index is 11.3. The molecule has 3 saturated heterocycles. The molecule has 0 spiro atoms. The van der Waals surface area contributed by atoms with Crippen molar-refractivity contribution >= 4 is 65.2 Å². The van der Waals surface area contributed by atoms with Crippen LogP contribution in [0.1, 0.15) is 32.0 Å². The molecular formula is C24H31N9O9P2S2. The van der Waals surface area contributed by atoms with E-state index in [9.17, 15) is 14.9 Å². The van der Waals surface area contributed by atoms with Crippen LogP contribution in [-0.2, 0) is 51.2 Å². The summed E-state index contributed by atoms with van der Waals surface area (Å²) in [7, 11) is 0. The lowest BCUT2D eigenvalue weighted by atomic mass is 9.88. The maximum absolute atomic E-state index is 11.3. The van der Waals surface area contributed by atoms with Gasteiger partial charge in [-0.3, -0.25) is 13.7 Å². The number of hydrogen-bond acceptors (Lipinski definition) is 16. The molecule has 0 saturated carbocycles. The first kappa shape index (κ1) is 32.4. The minimum Gasteiger partial charge on any atom is -0.387 e. The van der Waals surface area contributed by atoms with Crippen LogP contribution in [0, 0.1) is 18.8 Å². The minimum absolute atomic E-state index is 0.0794. The van der Waals surface area contributed by atoms with E-state index >= 15 is 0 Å². The summed E-state index contributed by atoms with van der Waals surface area (Å²) in [5, 5.41) is 11.3. The number of rotatable bonds is 3. The Labute approximate surface area is 271 Å². The Kier molecular flexibility index (Phi) is 8.50. The predicted molar refractivity (Wildman–Crippen MR) is 167 cm³/mol. The molecule has 0 radical (unpaired) electrons. The van der Waals surface area contributed by atoms with Crippen LogP contribution >= 0.6 is 13.4 Å². The average Bonchev–Trinajstić information content (AvgIpc) is 3.75. The Morgan fingerprint density at radius 2 is 1.39 bits per heavy atom. The number of imidazole rings is 2. The monoisotopic (exact) mass is 715 g/mol. The third-order valence-electron chi connectivity index (χ3n) is 8.26. The summed E-state index contributed by atoms with van der Waals surface area (Å²) in [5.74, 6) is -0.372. The van der Waals surface area contributed by atoms with Gasteiger partial charge in [0.1, 0.15) is 60.4 Å². The van der Waals surface area contributed by atoms with E-state index in [0.717, 1.165) is 0 Å². The fourth-order valence-corrected chi connectivity index (χ4v) is 8.97. The third kappa shape index (κ3) is 5.78. The van der Waals surface area contributed by atoms with E-state index in [1.165, 1.54) is 23.5 Å². The number of ether oxygens (including phenoxy) is 2. The highest BCUT2D eigenvalue weighted by Crippen LogP contribution is 2.55. The Morgan fingerprint density at radius 1 is 0.826 bits per heavy atom. The van der Waals surface area contributed by atoms with Crippen molar-refractivity contribution in [2.45, 2.75) is 63.7 Å². The van der Waals surface area contributed by atoms with Crippen molar-refractivity contribution in [2.75, 3.05) is 18.9 Å². The summed E-state index contributed by atoms with van der Waals surface area (Å²) in [6.45, 7) is -3.02. The SMILES string of the molecule is Cc1ncnc2c1ncn2[C@@H]1O[C@@H]2COP(O)(=S)O[C@@H]3[C@H](O)[C@@H](COP(O)(=S)O[C@H]2[C@H]1C(C)C)O[C@H]3n1cnc2c(N)ncnc21. The van der Waals surface area contributed by atoms with Crippen LogP contribution in [0.3, 0.4) is 0 Å². The van der Waals surface area contributed by atoms with Gasteiger partial charge in [0, 0.05) is 5.92 Å². The molecule has 0 aliphatic carbocycles. The molecule has 10 atom stereocenters. The van der Waals surface area contributed by atoms with E-state index in [-0.39, 0.29) is 30.6 Å². The van der Waals surface area contributed by atoms with Gasteiger partial charge in [0.05, 0.1) is 31.6 Å². The van der Waals surface area contributed by atoms with Gasteiger partial charge in [0.15, 0.2) is 23.3 Å². The molecule has 248 valence electrons. The smallest absolute Gasteiger partial charge is 0.325 e. The average molecular weight is 716 g/mol. The van der Waals surface area contributed by atoms with Crippen molar-refractivity contribution in [3.8, 4) is 0 Å². The van der Waals surface area contributed by atoms with Crippen molar-refractivity contribution in [1.29, 1.82) is 0 Å². The molecule has 0 aromatic carbocycles. The molecule has 2 bridgehead atoms. The number of aromatic nitrogens is 8. The van der Waals surface area contributed by atoms with Crippen molar-refractivity contribution in [3.63, 3.8) is 0 Å². The standard InChI is InChI=1S/C24H31N9O9P2S2/c1-10(2)14-18-13(40-23(14)32-8-30-15-11(3)26-6-28-21(15)32)5-38-44(36,46)42-19-17(34)12(4-37-43(35,45)41-18)39-24(19)33-9-31-16-20(25)27-7-29-22(16)33/h6-10,12-14,17-19,23-24,34H,4-5H2,1-3H3,(H,35,45)(H,36,46)(H2,25,27,29)/t12-,13-,14-,17-,18-,19-,23-,24-,43?,44?/m1/s1. The van der Waals surface area contributed by atoms with Gasteiger partial charge in [-0.15, -0.1) is 0 Å². The summed E-state index contributed by atoms with van der Waals surface area (Å²) in [5.41, 5.74) is 8.36. The normalized spacial score (nSPS) is 37.3. The van der Waals surface area contributed by atoms with E-state index in [0.29, 0.717) is 22.4 Å². The second-order valence-electron chi connectivity index (χ2n) is 11.5. The number of aliphatic hydroxyl groups excluding tert-OH is 1. The number of fused-ring (bicyclic) bond motifs is 5. The molecule has 7 rings (SSSR count). The Hall–Kier alpha value is -2.16. The van der Waals surface area contributed by atoms with Gasteiger partial charge in [0.2, 0.25) is 0 Å². The van der Waals surface area contributed by atoms with Gasteiger partial charge in [-0.05, 0) is 36.5 Å².